The molecule has 0 atom stereocenters. The summed E-state index contributed by atoms with van der Waals surface area (Å²) in [5.74, 6) is 1.74. The predicted octanol–water partition coefficient (Wildman–Crippen LogP) is 3.58. The van der Waals surface area contributed by atoms with Crippen molar-refractivity contribution in [3.63, 3.8) is 0 Å². The fourth-order valence-corrected chi connectivity index (χ4v) is 3.97. The second-order valence-corrected chi connectivity index (χ2v) is 7.00. The second-order valence-electron chi connectivity index (χ2n) is 5.99. The lowest BCUT2D eigenvalue weighted by molar-refractivity contribution is -0.117. The van der Waals surface area contributed by atoms with Gasteiger partial charge in [0.25, 0.3) is 5.91 Å². The minimum Gasteiger partial charge on any atom is -0.497 e. The Morgan fingerprint density at radius 1 is 1.11 bits per heavy atom. The molecule has 2 aromatic carbocycles. The summed E-state index contributed by atoms with van der Waals surface area (Å²) < 4.78 is 18.8. The number of carbonyl (C=O) groups excluding carboxylic acids is 1. The molecule has 1 heterocycles. The third-order valence-electron chi connectivity index (χ3n) is 4.23. The van der Waals surface area contributed by atoms with Crippen LogP contribution in [0.25, 0.3) is 10.2 Å². The van der Waals surface area contributed by atoms with E-state index in [0.717, 1.165) is 21.5 Å². The highest BCUT2D eigenvalue weighted by Crippen LogP contribution is 2.28. The number of benzene rings is 2. The summed E-state index contributed by atoms with van der Waals surface area (Å²) >= 11 is 1.45. The number of hydrogen-bond acceptors (Lipinski definition) is 5. The summed E-state index contributed by atoms with van der Waals surface area (Å²) in [6.45, 7) is 4.37. The number of nitrogens with zero attached hydrogens (tertiary/aromatic N) is 2. The molecule has 28 heavy (non-hydrogen) atoms. The summed E-state index contributed by atoms with van der Waals surface area (Å²) in [6.07, 6.45) is 1.96. The number of hydrogen-bond donors (Lipinski definition) is 0. The van der Waals surface area contributed by atoms with Crippen molar-refractivity contribution >= 4 is 27.5 Å². The molecule has 0 N–H and O–H groups in total. The molecule has 0 aliphatic heterocycles. The standard InChI is InChI=1S/C21H22N2O4S/c1-5-10-23-16-8-7-15(25-2)13-19(16)28-21(23)22-20(24)12-14-6-9-17(26-3)18(11-14)27-4/h5-9,11,13H,1,10,12H2,2-4H3. The van der Waals surface area contributed by atoms with Gasteiger partial charge in [-0.1, -0.05) is 23.5 Å². The monoisotopic (exact) mass is 398 g/mol. The summed E-state index contributed by atoms with van der Waals surface area (Å²) in [7, 11) is 4.77. The summed E-state index contributed by atoms with van der Waals surface area (Å²) in [4.78, 5) is 17.6. The van der Waals surface area contributed by atoms with Crippen LogP contribution in [0, 0.1) is 0 Å². The molecule has 0 bridgehead atoms. The molecule has 0 fully saturated rings. The number of methoxy groups -OCH3 is 3. The van der Waals surface area contributed by atoms with Gasteiger partial charge in [-0.15, -0.1) is 6.58 Å². The van der Waals surface area contributed by atoms with Gasteiger partial charge in [0.05, 0.1) is 38.0 Å². The fourth-order valence-electron chi connectivity index (χ4n) is 2.88. The first-order valence-electron chi connectivity index (χ1n) is 8.66. The molecule has 0 aliphatic rings. The lowest BCUT2D eigenvalue weighted by atomic mass is 10.1. The smallest absolute Gasteiger partial charge is 0.252 e. The van der Waals surface area contributed by atoms with Gasteiger partial charge in [0.2, 0.25) is 0 Å². The molecule has 1 aromatic heterocycles. The van der Waals surface area contributed by atoms with Gasteiger partial charge in [-0.05, 0) is 35.9 Å². The molecule has 0 unspecified atom stereocenters. The number of aromatic nitrogens is 1. The largest absolute Gasteiger partial charge is 0.497 e. The van der Waals surface area contributed by atoms with E-state index < -0.39 is 0 Å². The van der Waals surface area contributed by atoms with Crippen LogP contribution in [-0.2, 0) is 17.8 Å². The minimum absolute atomic E-state index is 0.173. The molecule has 3 rings (SSSR count). The first-order chi connectivity index (χ1) is 13.6. The summed E-state index contributed by atoms with van der Waals surface area (Å²) in [5.41, 5.74) is 1.80. The van der Waals surface area contributed by atoms with Gasteiger partial charge >= 0.3 is 0 Å². The van der Waals surface area contributed by atoms with Crippen LogP contribution in [0.1, 0.15) is 5.56 Å². The molecule has 146 valence electrons. The van der Waals surface area contributed by atoms with E-state index in [9.17, 15) is 4.79 Å². The van der Waals surface area contributed by atoms with Crippen molar-refractivity contribution < 1.29 is 19.0 Å². The van der Waals surface area contributed by atoms with E-state index in [-0.39, 0.29) is 12.3 Å². The predicted molar refractivity (Wildman–Crippen MR) is 110 cm³/mol. The highest BCUT2D eigenvalue weighted by atomic mass is 32.1. The van der Waals surface area contributed by atoms with Gasteiger partial charge < -0.3 is 18.8 Å². The Hall–Kier alpha value is -3.06. The maximum Gasteiger partial charge on any atom is 0.252 e. The first-order valence-corrected chi connectivity index (χ1v) is 9.48. The van der Waals surface area contributed by atoms with Crippen molar-refractivity contribution in [1.82, 2.24) is 4.57 Å². The number of thiazole rings is 1. The van der Waals surface area contributed by atoms with E-state index in [1.54, 1.807) is 39.5 Å². The lowest BCUT2D eigenvalue weighted by Crippen LogP contribution is -2.16. The average Bonchev–Trinajstić information content (AvgIpc) is 3.04. The van der Waals surface area contributed by atoms with Crippen molar-refractivity contribution in [3.8, 4) is 17.2 Å². The topological polar surface area (TPSA) is 62.1 Å². The summed E-state index contributed by atoms with van der Waals surface area (Å²) in [6, 6.07) is 11.2. The Morgan fingerprint density at radius 2 is 1.89 bits per heavy atom. The zero-order valence-corrected chi connectivity index (χ0v) is 16.9. The number of amides is 1. The minimum atomic E-state index is -0.233. The average molecular weight is 398 g/mol. The lowest BCUT2D eigenvalue weighted by Gasteiger charge is -2.08. The molecule has 3 aromatic rings. The molecule has 0 saturated carbocycles. The maximum absolute atomic E-state index is 12.6. The van der Waals surface area contributed by atoms with Gasteiger partial charge in [0.1, 0.15) is 5.75 Å². The van der Waals surface area contributed by atoms with Crippen molar-refractivity contribution in [2.45, 2.75) is 13.0 Å². The Morgan fingerprint density at radius 3 is 2.57 bits per heavy atom. The van der Waals surface area contributed by atoms with Crippen molar-refractivity contribution in [1.29, 1.82) is 0 Å². The van der Waals surface area contributed by atoms with Gasteiger partial charge in [0.15, 0.2) is 16.3 Å². The van der Waals surface area contributed by atoms with Crippen LogP contribution < -0.4 is 19.0 Å². The molecule has 7 heteroatoms. The molecule has 1 amide bonds. The number of rotatable bonds is 7. The Kier molecular flexibility index (Phi) is 6.16. The van der Waals surface area contributed by atoms with Crippen molar-refractivity contribution in [2.75, 3.05) is 21.3 Å². The van der Waals surface area contributed by atoms with E-state index in [0.29, 0.717) is 22.8 Å². The molecular formula is C21H22N2O4S. The van der Waals surface area contributed by atoms with Crippen molar-refractivity contribution in [3.05, 3.63) is 59.4 Å². The van der Waals surface area contributed by atoms with E-state index in [2.05, 4.69) is 11.6 Å². The van der Waals surface area contributed by atoms with Crippen LogP contribution in [0.5, 0.6) is 17.2 Å². The van der Waals surface area contributed by atoms with E-state index in [4.69, 9.17) is 14.2 Å². The normalized spacial score (nSPS) is 11.5. The molecule has 0 spiro atoms. The third kappa shape index (κ3) is 4.09. The Bertz CT molecular complexity index is 1080. The van der Waals surface area contributed by atoms with Crippen molar-refractivity contribution in [2.24, 2.45) is 4.99 Å². The number of allylic oxidation sites excluding steroid dienone is 1. The van der Waals surface area contributed by atoms with E-state index in [1.807, 2.05) is 28.8 Å². The zero-order valence-electron chi connectivity index (χ0n) is 16.1. The molecule has 0 saturated heterocycles. The highest BCUT2D eigenvalue weighted by molar-refractivity contribution is 7.16. The maximum atomic E-state index is 12.6. The SMILES string of the molecule is C=CCn1c(=NC(=O)Cc2ccc(OC)c(OC)c2)sc2cc(OC)ccc21. The van der Waals surface area contributed by atoms with E-state index >= 15 is 0 Å². The van der Waals surface area contributed by atoms with Crippen LogP contribution in [0.2, 0.25) is 0 Å². The van der Waals surface area contributed by atoms with E-state index in [1.165, 1.54) is 11.3 Å². The Labute approximate surface area is 167 Å². The quantitative estimate of drug-likeness (QED) is 0.571. The molecule has 0 aliphatic carbocycles. The number of carbonyl (C=O) groups is 1. The number of fused-ring (bicyclic) bond motifs is 1. The van der Waals surface area contributed by atoms with Crippen LogP contribution in [0.4, 0.5) is 0 Å². The fraction of sp³-hybridized carbons (Fsp3) is 0.238. The Balaban J connectivity index is 1.95. The molecule has 6 nitrogen and oxygen atoms in total. The van der Waals surface area contributed by atoms with Gasteiger partial charge in [-0.2, -0.15) is 4.99 Å². The van der Waals surface area contributed by atoms with Gasteiger partial charge in [-0.3, -0.25) is 4.79 Å². The zero-order chi connectivity index (χ0) is 20.1. The van der Waals surface area contributed by atoms with Crippen LogP contribution in [0.15, 0.2) is 54.0 Å². The van der Waals surface area contributed by atoms with Gasteiger partial charge in [-0.25, -0.2) is 0 Å². The second kappa shape index (κ2) is 8.75. The third-order valence-corrected chi connectivity index (χ3v) is 5.27. The molecular weight excluding hydrogens is 376 g/mol. The molecule has 0 radical (unpaired) electrons. The van der Waals surface area contributed by atoms with Gasteiger partial charge in [0, 0.05) is 6.54 Å². The van der Waals surface area contributed by atoms with Crippen LogP contribution in [-0.4, -0.2) is 31.8 Å². The first kappa shape index (κ1) is 19.7. The van der Waals surface area contributed by atoms with Crippen LogP contribution >= 0.6 is 11.3 Å². The van der Waals surface area contributed by atoms with Crippen LogP contribution in [0.3, 0.4) is 0 Å². The number of ether oxygens (including phenoxy) is 3. The highest BCUT2D eigenvalue weighted by Gasteiger charge is 2.11. The summed E-state index contributed by atoms with van der Waals surface area (Å²) in [5, 5.41) is 0.